The van der Waals surface area contributed by atoms with Crippen molar-refractivity contribution in [1.82, 2.24) is 5.32 Å². The maximum absolute atomic E-state index is 10.2. The van der Waals surface area contributed by atoms with Gasteiger partial charge in [-0.25, -0.2) is 4.79 Å². The summed E-state index contributed by atoms with van der Waals surface area (Å²) in [4.78, 5) is 10.2. The molecule has 0 aromatic heterocycles. The van der Waals surface area contributed by atoms with Gasteiger partial charge in [-0.1, -0.05) is 6.08 Å². The van der Waals surface area contributed by atoms with Gasteiger partial charge in [-0.2, -0.15) is 0 Å². The molecule has 0 aliphatic rings. The maximum Gasteiger partial charge on any atom is 0.351 e. The normalized spacial score (nSPS) is 11.1. The smallest absolute Gasteiger partial charge is 0.351 e. The Balaban J connectivity index is 3.85. The predicted octanol–water partition coefficient (Wildman–Crippen LogP) is 0.584. The van der Waals surface area contributed by atoms with Gasteiger partial charge in [0.05, 0.1) is 0 Å². The van der Waals surface area contributed by atoms with E-state index < -0.39 is 5.97 Å². The first-order chi connectivity index (χ1) is 4.22. The van der Waals surface area contributed by atoms with Crippen LogP contribution in [0.1, 0.15) is 13.8 Å². The average molecular weight is 129 g/mol. The number of hydrogen-bond acceptors (Lipinski definition) is 2. The Morgan fingerprint density at radius 1 is 1.78 bits per heavy atom. The molecule has 0 aliphatic carbocycles. The number of nitrogens with one attached hydrogen (secondary N) is 1. The zero-order valence-corrected chi connectivity index (χ0v) is 5.64. The summed E-state index contributed by atoms with van der Waals surface area (Å²) in [6, 6.07) is 0. The molecular formula is C6H11NO2. The first-order valence-corrected chi connectivity index (χ1v) is 2.85. The summed E-state index contributed by atoms with van der Waals surface area (Å²) >= 11 is 0. The van der Waals surface area contributed by atoms with Crippen molar-refractivity contribution < 1.29 is 9.90 Å². The fraction of sp³-hybridized carbons (Fsp3) is 0.500. The standard InChI is InChI=1S/C6H11NO2/c1-3-5(6(8)9)7-4-2/h3,7H,4H2,1-2H3,(H,8,9). The van der Waals surface area contributed by atoms with E-state index in [2.05, 4.69) is 5.32 Å². The summed E-state index contributed by atoms with van der Waals surface area (Å²) < 4.78 is 0. The van der Waals surface area contributed by atoms with Crippen LogP contribution in [0.4, 0.5) is 0 Å². The Hall–Kier alpha value is -0.990. The van der Waals surface area contributed by atoms with Gasteiger partial charge in [0.2, 0.25) is 0 Å². The van der Waals surface area contributed by atoms with Crippen LogP contribution < -0.4 is 5.32 Å². The van der Waals surface area contributed by atoms with Crippen LogP contribution >= 0.6 is 0 Å². The number of rotatable bonds is 3. The average Bonchev–Trinajstić information content (AvgIpc) is 1.82. The third-order valence-corrected chi connectivity index (χ3v) is 0.886. The molecule has 0 bridgehead atoms. The highest BCUT2D eigenvalue weighted by molar-refractivity contribution is 5.85. The lowest BCUT2D eigenvalue weighted by Gasteiger charge is -2.00. The lowest BCUT2D eigenvalue weighted by Crippen LogP contribution is -2.19. The van der Waals surface area contributed by atoms with Gasteiger partial charge in [-0.15, -0.1) is 0 Å². The summed E-state index contributed by atoms with van der Waals surface area (Å²) in [5, 5.41) is 11.1. The zero-order valence-electron chi connectivity index (χ0n) is 5.64. The summed E-state index contributed by atoms with van der Waals surface area (Å²) in [6.07, 6.45) is 1.53. The molecule has 0 radical (unpaired) electrons. The molecule has 0 aromatic carbocycles. The predicted molar refractivity (Wildman–Crippen MR) is 35.1 cm³/mol. The van der Waals surface area contributed by atoms with E-state index in [1.165, 1.54) is 6.08 Å². The van der Waals surface area contributed by atoms with Crippen LogP contribution in [0.15, 0.2) is 11.8 Å². The van der Waals surface area contributed by atoms with Crippen molar-refractivity contribution in [3.05, 3.63) is 11.8 Å². The topological polar surface area (TPSA) is 49.3 Å². The lowest BCUT2D eigenvalue weighted by atomic mass is 10.4. The molecule has 3 heteroatoms. The monoisotopic (exact) mass is 129 g/mol. The van der Waals surface area contributed by atoms with Gasteiger partial charge in [-0.3, -0.25) is 0 Å². The van der Waals surface area contributed by atoms with E-state index in [0.717, 1.165) is 0 Å². The Bertz CT molecular complexity index is 129. The number of carbonyl (C=O) groups is 1. The molecule has 0 heterocycles. The molecule has 0 saturated carbocycles. The number of hydrogen-bond donors (Lipinski definition) is 2. The van der Waals surface area contributed by atoms with Gasteiger partial charge in [-0.05, 0) is 13.8 Å². The molecule has 0 atom stereocenters. The summed E-state index contributed by atoms with van der Waals surface area (Å²) in [7, 11) is 0. The van der Waals surface area contributed by atoms with Crippen LogP contribution in [0.2, 0.25) is 0 Å². The molecule has 0 rings (SSSR count). The second-order valence-corrected chi connectivity index (χ2v) is 1.54. The SMILES string of the molecule is CC=C(NCC)C(=O)O. The molecule has 0 unspecified atom stereocenters. The molecule has 2 N–H and O–H groups in total. The van der Waals surface area contributed by atoms with Crippen molar-refractivity contribution in [3.8, 4) is 0 Å². The van der Waals surface area contributed by atoms with Crippen LogP contribution in [0.3, 0.4) is 0 Å². The Morgan fingerprint density at radius 3 is 2.44 bits per heavy atom. The molecular weight excluding hydrogens is 118 g/mol. The molecule has 0 amide bonds. The van der Waals surface area contributed by atoms with E-state index in [1.807, 2.05) is 6.92 Å². The van der Waals surface area contributed by atoms with Crippen molar-refractivity contribution in [2.24, 2.45) is 0 Å². The van der Waals surface area contributed by atoms with Crippen molar-refractivity contribution in [2.45, 2.75) is 13.8 Å². The van der Waals surface area contributed by atoms with E-state index >= 15 is 0 Å². The Morgan fingerprint density at radius 2 is 2.33 bits per heavy atom. The second kappa shape index (κ2) is 3.95. The van der Waals surface area contributed by atoms with Gasteiger partial charge in [0, 0.05) is 6.54 Å². The van der Waals surface area contributed by atoms with Gasteiger partial charge < -0.3 is 10.4 Å². The van der Waals surface area contributed by atoms with Gasteiger partial charge in [0.1, 0.15) is 5.70 Å². The fourth-order valence-electron chi connectivity index (χ4n) is 0.492. The quantitative estimate of drug-likeness (QED) is 0.548. The van der Waals surface area contributed by atoms with Crippen molar-refractivity contribution >= 4 is 5.97 Å². The highest BCUT2D eigenvalue weighted by Gasteiger charge is 2.00. The van der Waals surface area contributed by atoms with Gasteiger partial charge >= 0.3 is 5.97 Å². The molecule has 3 nitrogen and oxygen atoms in total. The van der Waals surface area contributed by atoms with E-state index in [4.69, 9.17) is 5.11 Å². The molecule has 0 saturated heterocycles. The van der Waals surface area contributed by atoms with Crippen LogP contribution in [0.25, 0.3) is 0 Å². The van der Waals surface area contributed by atoms with Crippen LogP contribution in [0, 0.1) is 0 Å². The minimum absolute atomic E-state index is 0.262. The van der Waals surface area contributed by atoms with E-state index in [9.17, 15) is 4.79 Å². The number of likely N-dealkylation sites (N-methyl/N-ethyl adjacent to an activating group) is 1. The number of allylic oxidation sites excluding steroid dienone is 1. The molecule has 9 heavy (non-hydrogen) atoms. The molecule has 0 fully saturated rings. The van der Waals surface area contributed by atoms with Crippen molar-refractivity contribution in [3.63, 3.8) is 0 Å². The second-order valence-electron chi connectivity index (χ2n) is 1.54. The highest BCUT2D eigenvalue weighted by Crippen LogP contribution is 1.85. The number of aliphatic carboxylic acids is 1. The van der Waals surface area contributed by atoms with Gasteiger partial charge in [0.25, 0.3) is 0 Å². The van der Waals surface area contributed by atoms with Crippen LogP contribution in [0.5, 0.6) is 0 Å². The zero-order chi connectivity index (χ0) is 7.28. The van der Waals surface area contributed by atoms with Crippen LogP contribution in [-0.4, -0.2) is 17.6 Å². The van der Waals surface area contributed by atoms with Crippen molar-refractivity contribution in [2.75, 3.05) is 6.54 Å². The first-order valence-electron chi connectivity index (χ1n) is 2.85. The first kappa shape index (κ1) is 8.01. The third-order valence-electron chi connectivity index (χ3n) is 0.886. The minimum Gasteiger partial charge on any atom is -0.477 e. The summed E-state index contributed by atoms with van der Waals surface area (Å²) in [6.45, 7) is 4.19. The molecule has 0 aromatic rings. The minimum atomic E-state index is -0.903. The van der Waals surface area contributed by atoms with Gasteiger partial charge in [0.15, 0.2) is 0 Å². The lowest BCUT2D eigenvalue weighted by molar-refractivity contribution is -0.133. The fourth-order valence-corrected chi connectivity index (χ4v) is 0.492. The van der Waals surface area contributed by atoms with Crippen molar-refractivity contribution in [1.29, 1.82) is 0 Å². The highest BCUT2D eigenvalue weighted by atomic mass is 16.4. The number of carboxylic acid groups (broad SMARTS) is 1. The van der Waals surface area contributed by atoms with E-state index in [1.54, 1.807) is 6.92 Å². The largest absolute Gasteiger partial charge is 0.477 e. The van der Waals surface area contributed by atoms with E-state index in [0.29, 0.717) is 6.54 Å². The maximum atomic E-state index is 10.2. The van der Waals surface area contributed by atoms with Crippen LogP contribution in [-0.2, 0) is 4.79 Å². The third kappa shape index (κ3) is 2.74. The van der Waals surface area contributed by atoms with E-state index in [-0.39, 0.29) is 5.70 Å². The Labute approximate surface area is 54.4 Å². The summed E-state index contributed by atoms with van der Waals surface area (Å²) in [5.41, 5.74) is 0.262. The molecule has 52 valence electrons. The molecule has 0 aliphatic heterocycles. The number of carboxylic acids is 1. The molecule has 0 spiro atoms. The Kier molecular flexibility index (Phi) is 3.51. The summed E-state index contributed by atoms with van der Waals surface area (Å²) in [5.74, 6) is -0.903.